The molecule has 2 aromatic rings. The van der Waals surface area contributed by atoms with Crippen molar-refractivity contribution in [3.8, 4) is 11.4 Å². The third-order valence-corrected chi connectivity index (χ3v) is 4.70. The number of guanidine groups is 1. The number of aliphatic imine (C=N–C) groups is 1. The number of hydrogen-bond donors (Lipinski definition) is 1. The molecule has 0 saturated carbocycles. The Labute approximate surface area is 140 Å². The maximum absolute atomic E-state index is 6.07. The van der Waals surface area contributed by atoms with Gasteiger partial charge in [-0.3, -0.25) is 4.99 Å². The molecule has 1 unspecified atom stereocenters. The molecular formula is C16H21N5OS. The molecule has 0 radical (unpaired) electrons. The van der Waals surface area contributed by atoms with Crippen LogP contribution in [-0.2, 0) is 0 Å². The second kappa shape index (κ2) is 7.50. The first kappa shape index (κ1) is 15.9. The molecule has 3 rings (SSSR count). The Morgan fingerprint density at radius 1 is 1.35 bits per heavy atom. The van der Waals surface area contributed by atoms with E-state index in [9.17, 15) is 0 Å². The van der Waals surface area contributed by atoms with Gasteiger partial charge in [-0.2, -0.15) is 16.7 Å². The average Bonchev–Trinajstić information content (AvgIpc) is 3.11. The standard InChI is InChI=1S/C16H21N5OS/c1-12(11-18-16(17)21-7-9-23-10-8-21)15-19-14(20-22-15)13-5-3-2-4-6-13/h2-6,12H,7-11H2,1H3,(H2,17,18). The summed E-state index contributed by atoms with van der Waals surface area (Å²) < 4.78 is 5.37. The summed E-state index contributed by atoms with van der Waals surface area (Å²) in [5.41, 5.74) is 7.02. The molecule has 1 aromatic carbocycles. The van der Waals surface area contributed by atoms with Crippen LogP contribution in [0.15, 0.2) is 39.8 Å². The van der Waals surface area contributed by atoms with Gasteiger partial charge in [-0.25, -0.2) is 0 Å². The molecule has 23 heavy (non-hydrogen) atoms. The molecule has 1 aliphatic rings. The SMILES string of the molecule is CC(CN=C(N)N1CCSCC1)c1nc(-c2ccccc2)no1. The lowest BCUT2D eigenvalue weighted by Crippen LogP contribution is -2.42. The van der Waals surface area contributed by atoms with E-state index in [1.807, 2.05) is 49.0 Å². The summed E-state index contributed by atoms with van der Waals surface area (Å²) in [5, 5.41) is 4.05. The fourth-order valence-electron chi connectivity index (χ4n) is 2.34. The monoisotopic (exact) mass is 331 g/mol. The fraction of sp³-hybridized carbons (Fsp3) is 0.438. The van der Waals surface area contributed by atoms with E-state index in [-0.39, 0.29) is 5.92 Å². The topological polar surface area (TPSA) is 80.5 Å². The Hall–Kier alpha value is -2.02. The van der Waals surface area contributed by atoms with E-state index < -0.39 is 0 Å². The van der Waals surface area contributed by atoms with Crippen molar-refractivity contribution in [2.75, 3.05) is 31.1 Å². The molecule has 2 N–H and O–H groups in total. The first-order valence-corrected chi connectivity index (χ1v) is 8.91. The Kier molecular flexibility index (Phi) is 5.17. The molecule has 122 valence electrons. The van der Waals surface area contributed by atoms with Crippen molar-refractivity contribution in [2.24, 2.45) is 10.7 Å². The third kappa shape index (κ3) is 4.04. The molecule has 1 saturated heterocycles. The summed E-state index contributed by atoms with van der Waals surface area (Å²) >= 11 is 1.95. The van der Waals surface area contributed by atoms with E-state index in [2.05, 4.69) is 20.0 Å². The van der Waals surface area contributed by atoms with Gasteiger partial charge in [0.1, 0.15) is 0 Å². The summed E-state index contributed by atoms with van der Waals surface area (Å²) in [5.74, 6) is 4.07. The van der Waals surface area contributed by atoms with Crippen molar-refractivity contribution in [3.05, 3.63) is 36.2 Å². The minimum atomic E-state index is 0.0395. The van der Waals surface area contributed by atoms with Gasteiger partial charge in [0.15, 0.2) is 5.96 Å². The summed E-state index contributed by atoms with van der Waals surface area (Å²) in [6, 6.07) is 9.80. The fourth-order valence-corrected chi connectivity index (χ4v) is 3.24. The van der Waals surface area contributed by atoms with Gasteiger partial charge in [-0.05, 0) is 0 Å². The summed E-state index contributed by atoms with van der Waals surface area (Å²) in [6.45, 7) is 4.50. The summed E-state index contributed by atoms with van der Waals surface area (Å²) in [4.78, 5) is 11.1. The van der Waals surface area contributed by atoms with Crippen LogP contribution in [0.3, 0.4) is 0 Å². The van der Waals surface area contributed by atoms with E-state index in [0.717, 1.165) is 30.2 Å². The molecule has 1 aliphatic heterocycles. The molecule has 0 aliphatic carbocycles. The molecule has 0 bridgehead atoms. The zero-order valence-electron chi connectivity index (χ0n) is 13.2. The predicted octanol–water partition coefficient (Wildman–Crippen LogP) is 2.20. The first-order chi connectivity index (χ1) is 11.2. The zero-order valence-corrected chi connectivity index (χ0v) is 14.0. The van der Waals surface area contributed by atoms with Gasteiger partial charge in [0, 0.05) is 30.2 Å². The maximum Gasteiger partial charge on any atom is 0.231 e. The van der Waals surface area contributed by atoms with E-state index in [4.69, 9.17) is 10.3 Å². The second-order valence-electron chi connectivity index (χ2n) is 5.52. The lowest BCUT2D eigenvalue weighted by molar-refractivity contribution is 0.361. The zero-order chi connectivity index (χ0) is 16.1. The highest BCUT2D eigenvalue weighted by molar-refractivity contribution is 7.99. The van der Waals surface area contributed by atoms with Crippen LogP contribution in [0, 0.1) is 0 Å². The largest absolute Gasteiger partial charge is 0.370 e. The van der Waals surface area contributed by atoms with Crippen molar-refractivity contribution < 1.29 is 4.52 Å². The van der Waals surface area contributed by atoms with E-state index >= 15 is 0 Å². The van der Waals surface area contributed by atoms with Crippen LogP contribution in [0.1, 0.15) is 18.7 Å². The molecule has 6 nitrogen and oxygen atoms in total. The van der Waals surface area contributed by atoms with E-state index in [0.29, 0.717) is 24.2 Å². The van der Waals surface area contributed by atoms with Crippen molar-refractivity contribution in [1.82, 2.24) is 15.0 Å². The number of aromatic nitrogens is 2. The van der Waals surface area contributed by atoms with E-state index in [1.165, 1.54) is 0 Å². The van der Waals surface area contributed by atoms with Gasteiger partial charge < -0.3 is 15.2 Å². The van der Waals surface area contributed by atoms with Gasteiger partial charge in [0.2, 0.25) is 11.7 Å². The summed E-state index contributed by atoms with van der Waals surface area (Å²) in [6.07, 6.45) is 0. The van der Waals surface area contributed by atoms with Crippen molar-refractivity contribution >= 4 is 17.7 Å². The highest BCUT2D eigenvalue weighted by atomic mass is 32.2. The van der Waals surface area contributed by atoms with Gasteiger partial charge in [-0.1, -0.05) is 42.4 Å². The Balaban J connectivity index is 1.62. The Morgan fingerprint density at radius 2 is 2.09 bits per heavy atom. The van der Waals surface area contributed by atoms with Crippen LogP contribution < -0.4 is 5.73 Å². The van der Waals surface area contributed by atoms with Crippen LogP contribution in [-0.4, -0.2) is 52.1 Å². The van der Waals surface area contributed by atoms with Gasteiger partial charge in [0.05, 0.1) is 12.5 Å². The minimum absolute atomic E-state index is 0.0395. The Morgan fingerprint density at radius 3 is 2.83 bits per heavy atom. The van der Waals surface area contributed by atoms with Crippen LogP contribution in [0.5, 0.6) is 0 Å². The molecular weight excluding hydrogens is 310 g/mol. The molecule has 7 heteroatoms. The normalized spacial score (nSPS) is 17.3. The van der Waals surface area contributed by atoms with Crippen LogP contribution >= 0.6 is 11.8 Å². The lowest BCUT2D eigenvalue weighted by atomic mass is 10.2. The average molecular weight is 331 g/mol. The van der Waals surface area contributed by atoms with Crippen molar-refractivity contribution in [1.29, 1.82) is 0 Å². The van der Waals surface area contributed by atoms with Crippen LogP contribution in [0.2, 0.25) is 0 Å². The van der Waals surface area contributed by atoms with Crippen molar-refractivity contribution in [2.45, 2.75) is 12.8 Å². The van der Waals surface area contributed by atoms with Gasteiger partial charge >= 0.3 is 0 Å². The summed E-state index contributed by atoms with van der Waals surface area (Å²) in [7, 11) is 0. The molecule has 1 aromatic heterocycles. The number of thioether (sulfide) groups is 1. The predicted molar refractivity (Wildman–Crippen MR) is 93.5 cm³/mol. The molecule has 1 fully saturated rings. The smallest absolute Gasteiger partial charge is 0.231 e. The Bertz CT molecular complexity index is 652. The second-order valence-corrected chi connectivity index (χ2v) is 6.75. The minimum Gasteiger partial charge on any atom is -0.370 e. The molecule has 2 heterocycles. The first-order valence-electron chi connectivity index (χ1n) is 7.75. The molecule has 0 amide bonds. The quantitative estimate of drug-likeness (QED) is 0.683. The number of nitrogens with zero attached hydrogens (tertiary/aromatic N) is 4. The maximum atomic E-state index is 6.07. The van der Waals surface area contributed by atoms with Gasteiger partial charge in [-0.15, -0.1) is 0 Å². The molecule has 0 spiro atoms. The lowest BCUT2D eigenvalue weighted by Gasteiger charge is -2.27. The van der Waals surface area contributed by atoms with Crippen LogP contribution in [0.4, 0.5) is 0 Å². The highest BCUT2D eigenvalue weighted by Crippen LogP contribution is 2.19. The third-order valence-electron chi connectivity index (χ3n) is 3.76. The number of hydrogen-bond acceptors (Lipinski definition) is 5. The number of rotatable bonds is 4. The molecule has 1 atom stereocenters. The van der Waals surface area contributed by atoms with E-state index in [1.54, 1.807) is 0 Å². The number of nitrogens with two attached hydrogens (primary N) is 1. The van der Waals surface area contributed by atoms with Crippen LogP contribution in [0.25, 0.3) is 11.4 Å². The number of benzene rings is 1. The van der Waals surface area contributed by atoms with Gasteiger partial charge in [0.25, 0.3) is 0 Å². The highest BCUT2D eigenvalue weighted by Gasteiger charge is 2.16. The van der Waals surface area contributed by atoms with Crippen molar-refractivity contribution in [3.63, 3.8) is 0 Å².